The molecule has 0 fully saturated rings. The molecule has 2 nitrogen and oxygen atoms in total. The zero-order valence-corrected chi connectivity index (χ0v) is 11.6. The Morgan fingerprint density at radius 2 is 2.00 bits per heavy atom. The number of hydrogen-bond donors (Lipinski definition) is 0. The van der Waals surface area contributed by atoms with Gasteiger partial charge in [-0.25, -0.2) is 4.98 Å². The van der Waals surface area contributed by atoms with Crippen molar-refractivity contribution in [2.75, 3.05) is 6.54 Å². The fourth-order valence-electron chi connectivity index (χ4n) is 2.70. The van der Waals surface area contributed by atoms with E-state index in [4.69, 9.17) is 11.6 Å². The SMILES string of the molecule is Clc1cc(CN2CCCc3ccccc3C2)ccn1. The highest BCUT2D eigenvalue weighted by Gasteiger charge is 2.14. The van der Waals surface area contributed by atoms with Crippen LogP contribution in [0, 0.1) is 0 Å². The highest BCUT2D eigenvalue weighted by atomic mass is 35.5. The lowest BCUT2D eigenvalue weighted by Crippen LogP contribution is -2.22. The van der Waals surface area contributed by atoms with E-state index in [1.165, 1.54) is 29.5 Å². The summed E-state index contributed by atoms with van der Waals surface area (Å²) in [5.41, 5.74) is 4.19. The molecule has 3 heteroatoms. The van der Waals surface area contributed by atoms with Crippen LogP contribution in [-0.4, -0.2) is 16.4 Å². The van der Waals surface area contributed by atoms with E-state index in [0.717, 1.165) is 19.6 Å². The number of aromatic nitrogens is 1. The van der Waals surface area contributed by atoms with Crippen LogP contribution in [0.3, 0.4) is 0 Å². The average molecular weight is 273 g/mol. The molecule has 1 aromatic heterocycles. The summed E-state index contributed by atoms with van der Waals surface area (Å²) in [4.78, 5) is 6.52. The first-order chi connectivity index (χ1) is 9.31. The number of rotatable bonds is 2. The van der Waals surface area contributed by atoms with E-state index in [1.807, 2.05) is 12.1 Å². The third-order valence-electron chi connectivity index (χ3n) is 3.63. The van der Waals surface area contributed by atoms with Gasteiger partial charge in [0.25, 0.3) is 0 Å². The second-order valence-corrected chi connectivity index (χ2v) is 5.46. The zero-order chi connectivity index (χ0) is 13.1. The van der Waals surface area contributed by atoms with Crippen molar-refractivity contribution >= 4 is 11.6 Å². The molecule has 0 amide bonds. The Labute approximate surface area is 119 Å². The quantitative estimate of drug-likeness (QED) is 0.775. The highest BCUT2D eigenvalue weighted by Crippen LogP contribution is 2.20. The van der Waals surface area contributed by atoms with Gasteiger partial charge in [0.15, 0.2) is 0 Å². The van der Waals surface area contributed by atoms with Crippen LogP contribution < -0.4 is 0 Å². The maximum atomic E-state index is 5.95. The second kappa shape index (κ2) is 5.72. The molecule has 0 saturated heterocycles. The molecule has 19 heavy (non-hydrogen) atoms. The van der Waals surface area contributed by atoms with Gasteiger partial charge in [-0.15, -0.1) is 0 Å². The van der Waals surface area contributed by atoms with Crippen molar-refractivity contribution in [1.29, 1.82) is 0 Å². The van der Waals surface area contributed by atoms with Crippen LogP contribution in [0.4, 0.5) is 0 Å². The monoisotopic (exact) mass is 272 g/mol. The maximum Gasteiger partial charge on any atom is 0.129 e. The van der Waals surface area contributed by atoms with Crippen LogP contribution in [0.1, 0.15) is 23.1 Å². The topological polar surface area (TPSA) is 16.1 Å². The van der Waals surface area contributed by atoms with Crippen molar-refractivity contribution in [3.63, 3.8) is 0 Å². The fourth-order valence-corrected chi connectivity index (χ4v) is 2.90. The summed E-state index contributed by atoms with van der Waals surface area (Å²) in [6.45, 7) is 3.10. The molecule has 3 rings (SSSR count). The molecule has 0 N–H and O–H groups in total. The van der Waals surface area contributed by atoms with Crippen molar-refractivity contribution in [2.24, 2.45) is 0 Å². The first-order valence-electron chi connectivity index (χ1n) is 6.71. The molecule has 0 saturated carbocycles. The maximum absolute atomic E-state index is 5.95. The van der Waals surface area contributed by atoms with E-state index < -0.39 is 0 Å². The van der Waals surface area contributed by atoms with Crippen LogP contribution in [0.15, 0.2) is 42.6 Å². The van der Waals surface area contributed by atoms with Gasteiger partial charge in [-0.05, 0) is 48.2 Å². The smallest absolute Gasteiger partial charge is 0.129 e. The van der Waals surface area contributed by atoms with E-state index >= 15 is 0 Å². The van der Waals surface area contributed by atoms with Crippen molar-refractivity contribution in [2.45, 2.75) is 25.9 Å². The number of pyridine rings is 1. The number of fused-ring (bicyclic) bond motifs is 1. The first-order valence-corrected chi connectivity index (χ1v) is 7.08. The standard InChI is InChI=1S/C16H17ClN2/c17-16-10-13(7-8-18-16)11-19-9-3-6-14-4-1-2-5-15(14)12-19/h1-2,4-5,7-8,10H,3,6,9,11-12H2. The molecule has 0 unspecified atom stereocenters. The van der Waals surface area contributed by atoms with Crippen LogP contribution in [0.25, 0.3) is 0 Å². The van der Waals surface area contributed by atoms with Crippen molar-refractivity contribution in [3.8, 4) is 0 Å². The minimum absolute atomic E-state index is 0.577. The van der Waals surface area contributed by atoms with E-state index in [9.17, 15) is 0 Å². The Morgan fingerprint density at radius 3 is 2.84 bits per heavy atom. The van der Waals surface area contributed by atoms with Crippen molar-refractivity contribution in [3.05, 3.63) is 64.4 Å². The fraction of sp³-hybridized carbons (Fsp3) is 0.312. The molecule has 1 aliphatic rings. The minimum Gasteiger partial charge on any atom is -0.295 e. The lowest BCUT2D eigenvalue weighted by Gasteiger charge is -2.20. The molecule has 1 aromatic carbocycles. The van der Waals surface area contributed by atoms with Crippen molar-refractivity contribution < 1.29 is 0 Å². The molecule has 0 atom stereocenters. The molecule has 1 aliphatic heterocycles. The summed E-state index contributed by atoms with van der Waals surface area (Å²) in [6.07, 6.45) is 4.18. The Balaban J connectivity index is 1.76. The molecular weight excluding hydrogens is 256 g/mol. The molecule has 2 heterocycles. The van der Waals surface area contributed by atoms with Gasteiger partial charge in [-0.3, -0.25) is 4.90 Å². The van der Waals surface area contributed by atoms with Gasteiger partial charge in [0.2, 0.25) is 0 Å². The third-order valence-corrected chi connectivity index (χ3v) is 3.84. The molecule has 0 spiro atoms. The lowest BCUT2D eigenvalue weighted by atomic mass is 10.0. The Hall–Kier alpha value is -1.38. The van der Waals surface area contributed by atoms with Crippen LogP contribution in [0.5, 0.6) is 0 Å². The van der Waals surface area contributed by atoms with Gasteiger partial charge in [0.1, 0.15) is 5.15 Å². The number of nitrogens with zero attached hydrogens (tertiary/aromatic N) is 2. The Bertz CT molecular complexity index is 568. The molecule has 2 aromatic rings. The number of benzene rings is 1. The summed E-state index contributed by atoms with van der Waals surface area (Å²) in [5, 5.41) is 0.577. The Kier molecular flexibility index (Phi) is 3.81. The minimum atomic E-state index is 0.577. The molecule has 0 bridgehead atoms. The van der Waals surface area contributed by atoms with Crippen LogP contribution in [0.2, 0.25) is 5.15 Å². The van der Waals surface area contributed by atoms with Gasteiger partial charge >= 0.3 is 0 Å². The molecular formula is C16H17ClN2. The summed E-state index contributed by atoms with van der Waals surface area (Å²) in [5.74, 6) is 0. The van der Waals surface area contributed by atoms with Crippen molar-refractivity contribution in [1.82, 2.24) is 9.88 Å². The number of aryl methyl sites for hydroxylation is 1. The van der Waals surface area contributed by atoms with E-state index in [1.54, 1.807) is 6.20 Å². The summed E-state index contributed by atoms with van der Waals surface area (Å²) < 4.78 is 0. The molecule has 98 valence electrons. The van der Waals surface area contributed by atoms with Gasteiger partial charge in [-0.1, -0.05) is 35.9 Å². The van der Waals surface area contributed by atoms with E-state index in [2.05, 4.69) is 34.1 Å². The lowest BCUT2D eigenvalue weighted by molar-refractivity contribution is 0.261. The summed E-state index contributed by atoms with van der Waals surface area (Å²) >= 11 is 5.95. The summed E-state index contributed by atoms with van der Waals surface area (Å²) in [6, 6.07) is 12.8. The van der Waals surface area contributed by atoms with Crippen LogP contribution >= 0.6 is 11.6 Å². The van der Waals surface area contributed by atoms with Gasteiger partial charge < -0.3 is 0 Å². The predicted molar refractivity (Wildman–Crippen MR) is 78.1 cm³/mol. The van der Waals surface area contributed by atoms with E-state index in [0.29, 0.717) is 5.15 Å². The molecule has 0 aliphatic carbocycles. The molecule has 0 radical (unpaired) electrons. The highest BCUT2D eigenvalue weighted by molar-refractivity contribution is 6.29. The van der Waals surface area contributed by atoms with Gasteiger partial charge in [0.05, 0.1) is 0 Å². The largest absolute Gasteiger partial charge is 0.295 e. The van der Waals surface area contributed by atoms with Gasteiger partial charge in [0, 0.05) is 19.3 Å². The Morgan fingerprint density at radius 1 is 1.16 bits per heavy atom. The zero-order valence-electron chi connectivity index (χ0n) is 10.8. The second-order valence-electron chi connectivity index (χ2n) is 5.07. The average Bonchev–Trinajstić information content (AvgIpc) is 2.60. The van der Waals surface area contributed by atoms with E-state index in [-0.39, 0.29) is 0 Å². The normalized spacial score (nSPS) is 15.8. The van der Waals surface area contributed by atoms with Crippen LogP contribution in [-0.2, 0) is 19.5 Å². The summed E-state index contributed by atoms with van der Waals surface area (Å²) in [7, 11) is 0. The number of hydrogen-bond acceptors (Lipinski definition) is 2. The number of halogens is 1. The predicted octanol–water partition coefficient (Wildman–Crippen LogP) is 3.68. The third kappa shape index (κ3) is 3.14. The first kappa shape index (κ1) is 12.6. The van der Waals surface area contributed by atoms with Gasteiger partial charge in [-0.2, -0.15) is 0 Å².